The van der Waals surface area contributed by atoms with Crippen molar-refractivity contribution in [3.8, 4) is 5.75 Å². The third kappa shape index (κ3) is 3.46. The van der Waals surface area contributed by atoms with Crippen molar-refractivity contribution in [2.45, 2.75) is 13.0 Å². The van der Waals surface area contributed by atoms with Crippen molar-refractivity contribution in [3.63, 3.8) is 0 Å². The zero-order valence-corrected chi connectivity index (χ0v) is 12.9. The maximum absolute atomic E-state index is 5.86. The van der Waals surface area contributed by atoms with E-state index in [-0.39, 0.29) is 6.10 Å². The van der Waals surface area contributed by atoms with Crippen LogP contribution in [0.15, 0.2) is 55.0 Å². The van der Waals surface area contributed by atoms with Crippen LogP contribution in [0, 0.1) is 0 Å². The first-order valence-corrected chi connectivity index (χ1v) is 7.45. The molecule has 0 radical (unpaired) electrons. The summed E-state index contributed by atoms with van der Waals surface area (Å²) in [6.45, 7) is 2.66. The first-order chi connectivity index (χ1) is 10.7. The molecule has 1 atom stereocenters. The summed E-state index contributed by atoms with van der Waals surface area (Å²) in [6.07, 6.45) is 5.37. The van der Waals surface area contributed by atoms with Crippen LogP contribution in [0.4, 0.5) is 5.82 Å². The molecule has 0 spiro atoms. The molecule has 0 saturated carbocycles. The van der Waals surface area contributed by atoms with E-state index in [2.05, 4.69) is 15.3 Å². The summed E-state index contributed by atoms with van der Waals surface area (Å²) in [5.41, 5.74) is 0. The zero-order chi connectivity index (χ0) is 15.4. The van der Waals surface area contributed by atoms with Gasteiger partial charge >= 0.3 is 0 Å². The number of pyridine rings is 2. The second-order valence-electron chi connectivity index (χ2n) is 5.02. The molecule has 2 aromatic heterocycles. The van der Waals surface area contributed by atoms with Gasteiger partial charge in [0.05, 0.1) is 6.54 Å². The van der Waals surface area contributed by atoms with Crippen molar-refractivity contribution in [2.24, 2.45) is 0 Å². The lowest BCUT2D eigenvalue weighted by Crippen LogP contribution is -2.23. The number of benzene rings is 1. The molecule has 0 unspecified atom stereocenters. The van der Waals surface area contributed by atoms with Crippen molar-refractivity contribution in [1.29, 1.82) is 0 Å². The van der Waals surface area contributed by atoms with E-state index in [1.807, 2.05) is 49.5 Å². The molecular formula is C17H16ClN3O. The lowest BCUT2D eigenvalue weighted by molar-refractivity contribution is 0.234. The molecular weight excluding hydrogens is 298 g/mol. The molecule has 22 heavy (non-hydrogen) atoms. The number of hydrogen-bond acceptors (Lipinski definition) is 4. The SMILES string of the molecule is C[C@@H](CNc1nccc2cnccc12)Oc1ccc(Cl)cc1. The van der Waals surface area contributed by atoms with Crippen LogP contribution in [-0.4, -0.2) is 22.6 Å². The van der Waals surface area contributed by atoms with Gasteiger partial charge in [0.1, 0.15) is 17.7 Å². The molecule has 0 aliphatic rings. The molecule has 1 N–H and O–H groups in total. The molecule has 4 nitrogen and oxygen atoms in total. The van der Waals surface area contributed by atoms with E-state index in [9.17, 15) is 0 Å². The lowest BCUT2D eigenvalue weighted by Gasteiger charge is -2.16. The lowest BCUT2D eigenvalue weighted by atomic mass is 10.2. The molecule has 1 aromatic carbocycles. The molecule has 0 fully saturated rings. The smallest absolute Gasteiger partial charge is 0.134 e. The van der Waals surface area contributed by atoms with E-state index >= 15 is 0 Å². The Balaban J connectivity index is 1.65. The van der Waals surface area contributed by atoms with Crippen molar-refractivity contribution in [1.82, 2.24) is 9.97 Å². The molecule has 0 amide bonds. The zero-order valence-electron chi connectivity index (χ0n) is 12.2. The standard InChI is InChI=1S/C17H16ClN3O/c1-12(22-15-4-2-14(18)3-5-15)10-21-17-16-7-8-19-11-13(16)6-9-20-17/h2-9,11-12H,10H2,1H3,(H,20,21)/t12-/m0/s1. The van der Waals surface area contributed by atoms with Gasteiger partial charge in [0.15, 0.2) is 0 Å². The number of nitrogens with one attached hydrogen (secondary N) is 1. The van der Waals surface area contributed by atoms with E-state index in [1.165, 1.54) is 0 Å². The Morgan fingerprint density at radius 3 is 2.77 bits per heavy atom. The van der Waals surface area contributed by atoms with Crippen LogP contribution in [-0.2, 0) is 0 Å². The molecule has 2 heterocycles. The summed E-state index contributed by atoms with van der Waals surface area (Å²) >= 11 is 5.86. The van der Waals surface area contributed by atoms with Gasteiger partial charge < -0.3 is 10.1 Å². The molecule has 0 aliphatic carbocycles. The van der Waals surface area contributed by atoms with Gasteiger partial charge in [0, 0.05) is 34.4 Å². The molecule has 3 aromatic rings. The fourth-order valence-corrected chi connectivity index (χ4v) is 2.31. The highest BCUT2D eigenvalue weighted by Gasteiger charge is 2.07. The van der Waals surface area contributed by atoms with Crippen LogP contribution in [0.25, 0.3) is 10.8 Å². The van der Waals surface area contributed by atoms with Gasteiger partial charge in [-0.1, -0.05) is 11.6 Å². The van der Waals surface area contributed by atoms with Gasteiger partial charge in [-0.25, -0.2) is 4.98 Å². The highest BCUT2D eigenvalue weighted by atomic mass is 35.5. The minimum absolute atomic E-state index is 0.0000638. The van der Waals surface area contributed by atoms with Gasteiger partial charge in [0.25, 0.3) is 0 Å². The first kappa shape index (κ1) is 14.6. The minimum Gasteiger partial charge on any atom is -0.489 e. The van der Waals surface area contributed by atoms with Crippen LogP contribution in [0.2, 0.25) is 5.02 Å². The number of anilines is 1. The van der Waals surface area contributed by atoms with Crippen molar-refractivity contribution in [2.75, 3.05) is 11.9 Å². The van der Waals surface area contributed by atoms with E-state index in [4.69, 9.17) is 16.3 Å². The molecule has 5 heteroatoms. The third-order valence-electron chi connectivity index (χ3n) is 3.27. The Bertz CT molecular complexity index is 756. The maximum Gasteiger partial charge on any atom is 0.134 e. The highest BCUT2D eigenvalue weighted by molar-refractivity contribution is 6.30. The monoisotopic (exact) mass is 313 g/mol. The van der Waals surface area contributed by atoms with E-state index in [1.54, 1.807) is 12.4 Å². The van der Waals surface area contributed by atoms with Crippen LogP contribution in [0.5, 0.6) is 5.75 Å². The predicted molar refractivity (Wildman–Crippen MR) is 89.6 cm³/mol. The summed E-state index contributed by atoms with van der Waals surface area (Å²) in [6, 6.07) is 11.3. The average Bonchev–Trinajstić information content (AvgIpc) is 2.55. The second-order valence-corrected chi connectivity index (χ2v) is 5.46. The Kier molecular flexibility index (Phi) is 4.39. The van der Waals surface area contributed by atoms with Crippen molar-refractivity contribution in [3.05, 3.63) is 60.0 Å². The quantitative estimate of drug-likeness (QED) is 0.768. The summed E-state index contributed by atoms with van der Waals surface area (Å²) in [4.78, 5) is 8.51. The number of halogens is 1. The summed E-state index contributed by atoms with van der Waals surface area (Å²) in [7, 11) is 0. The summed E-state index contributed by atoms with van der Waals surface area (Å²) in [5, 5.41) is 6.14. The fourth-order valence-electron chi connectivity index (χ4n) is 2.19. The maximum atomic E-state index is 5.86. The average molecular weight is 314 g/mol. The van der Waals surface area contributed by atoms with Gasteiger partial charge in [-0.05, 0) is 43.3 Å². The Hall–Kier alpha value is -2.33. The summed E-state index contributed by atoms with van der Waals surface area (Å²) < 4.78 is 5.84. The molecule has 0 bridgehead atoms. The molecule has 0 saturated heterocycles. The fraction of sp³-hybridized carbons (Fsp3) is 0.176. The largest absolute Gasteiger partial charge is 0.489 e. The van der Waals surface area contributed by atoms with Crippen molar-refractivity contribution < 1.29 is 4.74 Å². The Morgan fingerprint density at radius 1 is 1.14 bits per heavy atom. The van der Waals surface area contributed by atoms with Gasteiger partial charge in [-0.3, -0.25) is 4.98 Å². The second kappa shape index (κ2) is 6.62. The van der Waals surface area contributed by atoms with Crippen LogP contribution < -0.4 is 10.1 Å². The highest BCUT2D eigenvalue weighted by Crippen LogP contribution is 2.20. The Labute approximate surface area is 134 Å². The number of nitrogens with zero attached hydrogens (tertiary/aromatic N) is 2. The summed E-state index contributed by atoms with van der Waals surface area (Å²) in [5.74, 6) is 1.64. The number of fused-ring (bicyclic) bond motifs is 1. The van der Waals surface area contributed by atoms with Crippen LogP contribution >= 0.6 is 11.6 Å². The van der Waals surface area contributed by atoms with Gasteiger partial charge in [0.2, 0.25) is 0 Å². The molecule has 0 aliphatic heterocycles. The number of aromatic nitrogens is 2. The molecule has 3 rings (SSSR count). The van der Waals surface area contributed by atoms with Crippen LogP contribution in [0.1, 0.15) is 6.92 Å². The third-order valence-corrected chi connectivity index (χ3v) is 3.52. The topological polar surface area (TPSA) is 47.0 Å². The number of rotatable bonds is 5. The predicted octanol–water partition coefficient (Wildman–Crippen LogP) is 4.16. The van der Waals surface area contributed by atoms with Gasteiger partial charge in [-0.15, -0.1) is 0 Å². The Morgan fingerprint density at radius 2 is 1.95 bits per heavy atom. The van der Waals surface area contributed by atoms with E-state index < -0.39 is 0 Å². The van der Waals surface area contributed by atoms with Crippen molar-refractivity contribution >= 4 is 28.2 Å². The van der Waals surface area contributed by atoms with Gasteiger partial charge in [-0.2, -0.15) is 0 Å². The first-order valence-electron chi connectivity index (χ1n) is 7.07. The normalized spacial score (nSPS) is 12.1. The van der Waals surface area contributed by atoms with Crippen LogP contribution in [0.3, 0.4) is 0 Å². The number of ether oxygens (including phenoxy) is 1. The van der Waals surface area contributed by atoms with E-state index in [0.29, 0.717) is 11.6 Å². The molecule has 112 valence electrons. The number of hydrogen-bond donors (Lipinski definition) is 1. The van der Waals surface area contributed by atoms with E-state index in [0.717, 1.165) is 22.3 Å². The minimum atomic E-state index is 0.0000638.